The van der Waals surface area contributed by atoms with E-state index in [1.54, 1.807) is 42.5 Å². The van der Waals surface area contributed by atoms with Gasteiger partial charge in [-0.25, -0.2) is 0 Å². The summed E-state index contributed by atoms with van der Waals surface area (Å²) in [5.41, 5.74) is 0.838. The molecule has 1 N–H and O–H groups in total. The summed E-state index contributed by atoms with van der Waals surface area (Å²) < 4.78 is 10.4. The second-order valence-corrected chi connectivity index (χ2v) is 5.37. The molecule has 0 amide bonds. The van der Waals surface area contributed by atoms with Crippen LogP contribution in [-0.2, 0) is 4.79 Å². The highest BCUT2D eigenvalue weighted by Crippen LogP contribution is 2.33. The SMILES string of the molecule is C=O.COc1cccc(C(=O)C(O)c2ccccc2)c1OC.c1ccccc1. The second-order valence-electron chi connectivity index (χ2n) is 5.37. The van der Waals surface area contributed by atoms with Gasteiger partial charge in [0.1, 0.15) is 12.9 Å². The lowest BCUT2D eigenvalue weighted by Crippen LogP contribution is -2.13. The molecule has 0 aliphatic carbocycles. The fourth-order valence-electron chi connectivity index (χ4n) is 2.40. The van der Waals surface area contributed by atoms with E-state index in [1.165, 1.54) is 14.2 Å². The van der Waals surface area contributed by atoms with Crippen molar-refractivity contribution in [2.24, 2.45) is 0 Å². The van der Waals surface area contributed by atoms with Crippen molar-refractivity contribution >= 4 is 12.6 Å². The predicted octanol–water partition coefficient (Wildman–Crippen LogP) is 4.12. The molecule has 0 heterocycles. The number of benzene rings is 3. The fraction of sp³-hybridized carbons (Fsp3) is 0.130. The van der Waals surface area contributed by atoms with Crippen molar-refractivity contribution in [1.82, 2.24) is 0 Å². The molecule has 3 rings (SSSR count). The number of hydrogen-bond donors (Lipinski definition) is 1. The van der Waals surface area contributed by atoms with E-state index in [4.69, 9.17) is 14.3 Å². The summed E-state index contributed by atoms with van der Waals surface area (Å²) in [6, 6.07) is 25.8. The van der Waals surface area contributed by atoms with Crippen molar-refractivity contribution in [3.8, 4) is 11.5 Å². The van der Waals surface area contributed by atoms with Gasteiger partial charge in [0.2, 0.25) is 0 Å². The number of carbonyl (C=O) groups excluding carboxylic acids is 2. The number of ether oxygens (including phenoxy) is 2. The van der Waals surface area contributed by atoms with Crippen LogP contribution >= 0.6 is 0 Å². The number of Topliss-reactive ketones (excluding diaryl/α,β-unsaturated/α-hetero) is 1. The molecular formula is C23H24O5. The monoisotopic (exact) mass is 380 g/mol. The third-order valence-corrected chi connectivity index (χ3v) is 3.70. The van der Waals surface area contributed by atoms with Crippen LogP contribution in [0.5, 0.6) is 11.5 Å². The second kappa shape index (κ2) is 12.8. The number of aliphatic hydroxyl groups excluding tert-OH is 1. The molecule has 3 aromatic carbocycles. The third-order valence-electron chi connectivity index (χ3n) is 3.70. The average molecular weight is 380 g/mol. The smallest absolute Gasteiger partial charge is 0.199 e. The quantitative estimate of drug-likeness (QED) is 0.674. The molecule has 0 bridgehead atoms. The fourth-order valence-corrected chi connectivity index (χ4v) is 2.40. The first kappa shape index (κ1) is 22.6. The minimum atomic E-state index is -1.22. The highest BCUT2D eigenvalue weighted by atomic mass is 16.5. The first-order chi connectivity index (χ1) is 13.7. The number of rotatable bonds is 5. The summed E-state index contributed by atoms with van der Waals surface area (Å²) >= 11 is 0. The van der Waals surface area contributed by atoms with Gasteiger partial charge in [0.05, 0.1) is 19.8 Å². The van der Waals surface area contributed by atoms with Gasteiger partial charge in [-0.3, -0.25) is 4.79 Å². The van der Waals surface area contributed by atoms with Gasteiger partial charge in [-0.05, 0) is 17.7 Å². The Hall–Kier alpha value is -3.44. The summed E-state index contributed by atoms with van der Waals surface area (Å²) in [6.45, 7) is 2.00. The molecule has 0 saturated carbocycles. The molecule has 5 heteroatoms. The van der Waals surface area contributed by atoms with E-state index in [0.717, 1.165) is 0 Å². The summed E-state index contributed by atoms with van der Waals surface area (Å²) in [5.74, 6) is 0.362. The largest absolute Gasteiger partial charge is 0.493 e. The van der Waals surface area contributed by atoms with Crippen LogP contribution in [0.25, 0.3) is 0 Å². The Balaban J connectivity index is 0.000000411. The first-order valence-electron chi connectivity index (χ1n) is 8.46. The lowest BCUT2D eigenvalue weighted by molar-refractivity contribution is -0.0980. The summed E-state index contributed by atoms with van der Waals surface area (Å²) in [4.78, 5) is 20.4. The van der Waals surface area contributed by atoms with E-state index < -0.39 is 11.9 Å². The number of aliphatic hydroxyl groups is 1. The van der Waals surface area contributed by atoms with Crippen LogP contribution in [0.2, 0.25) is 0 Å². The number of ketones is 1. The van der Waals surface area contributed by atoms with Gasteiger partial charge in [0.15, 0.2) is 17.3 Å². The zero-order chi connectivity index (χ0) is 20.8. The minimum absolute atomic E-state index is 0.295. The summed E-state index contributed by atoms with van der Waals surface area (Å²) in [6.07, 6.45) is -1.22. The van der Waals surface area contributed by atoms with E-state index in [-0.39, 0.29) is 0 Å². The van der Waals surface area contributed by atoms with Crippen molar-refractivity contribution in [3.63, 3.8) is 0 Å². The Morgan fingerprint density at radius 3 is 1.75 bits per heavy atom. The molecule has 5 nitrogen and oxygen atoms in total. The molecule has 0 aliphatic rings. The van der Waals surface area contributed by atoms with Crippen molar-refractivity contribution in [3.05, 3.63) is 96.1 Å². The standard InChI is InChI=1S/C16H16O4.C6H6.CH2O/c1-19-13-10-6-9-12(16(13)20-2)15(18)14(17)11-7-4-3-5-8-11;1-2-4-6-5-3-1;1-2/h3-10,14,17H,1-2H3;1-6H;1H2. The molecule has 0 fully saturated rings. The van der Waals surface area contributed by atoms with Gasteiger partial charge in [0.25, 0.3) is 0 Å². The van der Waals surface area contributed by atoms with Crippen molar-refractivity contribution in [2.75, 3.05) is 14.2 Å². The number of para-hydroxylation sites is 1. The van der Waals surface area contributed by atoms with Crippen LogP contribution in [-0.4, -0.2) is 31.9 Å². The molecule has 28 heavy (non-hydrogen) atoms. The van der Waals surface area contributed by atoms with E-state index in [9.17, 15) is 9.90 Å². The predicted molar refractivity (Wildman–Crippen MR) is 109 cm³/mol. The van der Waals surface area contributed by atoms with Crippen molar-refractivity contribution in [1.29, 1.82) is 0 Å². The third kappa shape index (κ3) is 6.37. The average Bonchev–Trinajstić information content (AvgIpc) is 2.80. The molecule has 0 spiro atoms. The van der Waals surface area contributed by atoms with Gasteiger partial charge in [-0.15, -0.1) is 0 Å². The Morgan fingerprint density at radius 1 is 0.786 bits per heavy atom. The zero-order valence-corrected chi connectivity index (χ0v) is 15.9. The molecule has 1 unspecified atom stereocenters. The van der Waals surface area contributed by atoms with Crippen LogP contribution < -0.4 is 9.47 Å². The maximum absolute atomic E-state index is 12.4. The number of carbonyl (C=O) groups is 2. The molecule has 0 radical (unpaired) electrons. The number of methoxy groups -OCH3 is 2. The molecule has 0 aromatic heterocycles. The normalized spacial score (nSPS) is 10.2. The summed E-state index contributed by atoms with van der Waals surface area (Å²) in [7, 11) is 2.96. The van der Waals surface area contributed by atoms with Crippen LogP contribution in [0.1, 0.15) is 22.0 Å². The van der Waals surface area contributed by atoms with Gasteiger partial charge < -0.3 is 19.4 Å². The zero-order valence-electron chi connectivity index (χ0n) is 15.9. The van der Waals surface area contributed by atoms with Crippen LogP contribution in [0.3, 0.4) is 0 Å². The molecular weight excluding hydrogens is 356 g/mol. The maximum atomic E-state index is 12.4. The minimum Gasteiger partial charge on any atom is -0.493 e. The lowest BCUT2D eigenvalue weighted by atomic mass is 9.99. The van der Waals surface area contributed by atoms with Gasteiger partial charge >= 0.3 is 0 Å². The molecule has 1 atom stereocenters. The summed E-state index contributed by atoms with van der Waals surface area (Å²) in [5, 5.41) is 10.2. The van der Waals surface area contributed by atoms with Crippen LogP contribution in [0.4, 0.5) is 0 Å². The Bertz CT molecular complexity index is 792. The van der Waals surface area contributed by atoms with Gasteiger partial charge in [-0.2, -0.15) is 0 Å². The molecule has 3 aromatic rings. The van der Waals surface area contributed by atoms with E-state index >= 15 is 0 Å². The van der Waals surface area contributed by atoms with E-state index in [2.05, 4.69) is 0 Å². The van der Waals surface area contributed by atoms with Crippen molar-refractivity contribution < 1.29 is 24.2 Å². The first-order valence-corrected chi connectivity index (χ1v) is 8.46. The van der Waals surface area contributed by atoms with Gasteiger partial charge in [0, 0.05) is 0 Å². The Morgan fingerprint density at radius 2 is 1.29 bits per heavy atom. The highest BCUT2D eigenvalue weighted by molar-refractivity contribution is 6.02. The Labute approximate surface area is 165 Å². The van der Waals surface area contributed by atoms with Gasteiger partial charge in [-0.1, -0.05) is 72.8 Å². The molecule has 146 valence electrons. The molecule has 0 saturated heterocycles. The van der Waals surface area contributed by atoms with Crippen molar-refractivity contribution in [2.45, 2.75) is 6.10 Å². The van der Waals surface area contributed by atoms with Crippen LogP contribution in [0.15, 0.2) is 84.9 Å². The lowest BCUT2D eigenvalue weighted by Gasteiger charge is -2.14. The van der Waals surface area contributed by atoms with E-state index in [1.807, 2.05) is 49.3 Å². The van der Waals surface area contributed by atoms with E-state index in [0.29, 0.717) is 22.6 Å². The highest BCUT2D eigenvalue weighted by Gasteiger charge is 2.24. The number of hydrogen-bond acceptors (Lipinski definition) is 5. The molecule has 0 aliphatic heterocycles. The Kier molecular flexibility index (Phi) is 10.4. The topological polar surface area (TPSA) is 72.8 Å². The van der Waals surface area contributed by atoms with Crippen LogP contribution in [0, 0.1) is 0 Å². The maximum Gasteiger partial charge on any atom is 0.199 e.